The van der Waals surface area contributed by atoms with Crippen molar-refractivity contribution in [2.75, 3.05) is 19.5 Å². The van der Waals surface area contributed by atoms with Crippen LogP contribution in [0.4, 0.5) is 5.69 Å². The molecule has 0 spiro atoms. The number of aromatic nitrogens is 2. The summed E-state index contributed by atoms with van der Waals surface area (Å²) in [7, 11) is 3.26. The second-order valence-corrected chi connectivity index (χ2v) is 5.82. The molecule has 0 atom stereocenters. The molecule has 114 valence electrons. The summed E-state index contributed by atoms with van der Waals surface area (Å²) in [5, 5.41) is 7.66. The summed E-state index contributed by atoms with van der Waals surface area (Å²) in [6.07, 6.45) is 3.83. The van der Waals surface area contributed by atoms with Crippen LogP contribution in [0.2, 0.25) is 0 Å². The molecule has 0 aliphatic carbocycles. The second kappa shape index (κ2) is 6.85. The summed E-state index contributed by atoms with van der Waals surface area (Å²) in [5.74, 6) is 1.41. The van der Waals surface area contributed by atoms with Gasteiger partial charge < -0.3 is 14.8 Å². The molecule has 1 heterocycles. The minimum atomic E-state index is 0.357. The molecule has 21 heavy (non-hydrogen) atoms. The van der Waals surface area contributed by atoms with Crippen LogP contribution in [0.15, 0.2) is 29.0 Å². The molecule has 0 amide bonds. The first-order chi connectivity index (χ1) is 10.0. The Labute approximate surface area is 133 Å². The fraction of sp³-hybridized carbons (Fsp3) is 0.400. The van der Waals surface area contributed by atoms with E-state index in [0.29, 0.717) is 24.1 Å². The number of rotatable bonds is 6. The topological polar surface area (TPSA) is 48.3 Å². The minimum absolute atomic E-state index is 0.357. The van der Waals surface area contributed by atoms with Gasteiger partial charge in [0.15, 0.2) is 11.5 Å². The smallest absolute Gasteiger partial charge is 0.174 e. The zero-order chi connectivity index (χ0) is 15.4. The van der Waals surface area contributed by atoms with Gasteiger partial charge in [0.1, 0.15) is 0 Å². The lowest BCUT2D eigenvalue weighted by Gasteiger charge is -2.12. The lowest BCUT2D eigenvalue weighted by atomic mass is 10.2. The van der Waals surface area contributed by atoms with E-state index < -0.39 is 0 Å². The molecule has 1 aromatic heterocycles. The van der Waals surface area contributed by atoms with Gasteiger partial charge in [0.05, 0.1) is 30.6 Å². The number of nitrogens with one attached hydrogen (secondary N) is 1. The van der Waals surface area contributed by atoms with E-state index in [-0.39, 0.29) is 0 Å². The van der Waals surface area contributed by atoms with Crippen molar-refractivity contribution in [2.24, 2.45) is 0 Å². The molecule has 0 aliphatic heterocycles. The predicted octanol–water partition coefficient (Wildman–Crippen LogP) is 3.86. The van der Waals surface area contributed by atoms with Gasteiger partial charge in [0.25, 0.3) is 0 Å². The molecule has 6 heteroatoms. The third kappa shape index (κ3) is 3.69. The summed E-state index contributed by atoms with van der Waals surface area (Å²) >= 11 is 3.50. The van der Waals surface area contributed by atoms with Crippen molar-refractivity contribution in [1.82, 2.24) is 9.78 Å². The van der Waals surface area contributed by atoms with E-state index in [1.807, 2.05) is 29.2 Å². The van der Waals surface area contributed by atoms with Gasteiger partial charge in [-0.1, -0.05) is 0 Å². The molecule has 2 aromatic rings. The summed E-state index contributed by atoms with van der Waals surface area (Å²) in [6.45, 7) is 4.88. The Morgan fingerprint density at radius 1 is 1.29 bits per heavy atom. The molecule has 0 radical (unpaired) electrons. The van der Waals surface area contributed by atoms with E-state index in [4.69, 9.17) is 9.47 Å². The number of benzene rings is 1. The van der Waals surface area contributed by atoms with Crippen LogP contribution in [-0.2, 0) is 6.54 Å². The third-order valence-corrected chi connectivity index (χ3v) is 3.71. The SMILES string of the molecule is COc1cc(CNc2cnn(C(C)C)c2)cc(Br)c1OC. The largest absolute Gasteiger partial charge is 0.493 e. The second-order valence-electron chi connectivity index (χ2n) is 4.97. The van der Waals surface area contributed by atoms with Crippen LogP contribution < -0.4 is 14.8 Å². The Morgan fingerprint density at radius 2 is 2.05 bits per heavy atom. The molecule has 2 rings (SSSR count). The van der Waals surface area contributed by atoms with E-state index in [9.17, 15) is 0 Å². The zero-order valence-corrected chi connectivity index (χ0v) is 14.3. The average Bonchev–Trinajstić information content (AvgIpc) is 2.93. The zero-order valence-electron chi connectivity index (χ0n) is 12.7. The highest BCUT2D eigenvalue weighted by atomic mass is 79.9. The number of hydrogen-bond donors (Lipinski definition) is 1. The van der Waals surface area contributed by atoms with Crippen LogP contribution in [0.25, 0.3) is 0 Å². The first-order valence-corrected chi connectivity index (χ1v) is 7.53. The highest BCUT2D eigenvalue weighted by Crippen LogP contribution is 2.36. The van der Waals surface area contributed by atoms with Crippen LogP contribution >= 0.6 is 15.9 Å². The van der Waals surface area contributed by atoms with Crippen LogP contribution in [0.3, 0.4) is 0 Å². The van der Waals surface area contributed by atoms with Gasteiger partial charge in [-0.3, -0.25) is 4.68 Å². The molecule has 0 saturated heterocycles. The number of halogens is 1. The number of methoxy groups -OCH3 is 2. The van der Waals surface area contributed by atoms with Gasteiger partial charge in [-0.25, -0.2) is 0 Å². The first kappa shape index (κ1) is 15.7. The number of nitrogens with zero attached hydrogens (tertiary/aromatic N) is 2. The molecule has 0 saturated carbocycles. The molecule has 1 aromatic carbocycles. The number of hydrogen-bond acceptors (Lipinski definition) is 4. The highest BCUT2D eigenvalue weighted by molar-refractivity contribution is 9.10. The van der Waals surface area contributed by atoms with Crippen LogP contribution in [0.5, 0.6) is 11.5 Å². The van der Waals surface area contributed by atoms with Crippen molar-refractivity contribution >= 4 is 21.6 Å². The van der Waals surface area contributed by atoms with Crippen molar-refractivity contribution in [3.8, 4) is 11.5 Å². The molecule has 0 unspecified atom stereocenters. The third-order valence-electron chi connectivity index (χ3n) is 3.12. The molecule has 0 aliphatic rings. The Morgan fingerprint density at radius 3 is 2.62 bits per heavy atom. The van der Waals surface area contributed by atoms with Crippen molar-refractivity contribution in [2.45, 2.75) is 26.4 Å². The maximum atomic E-state index is 5.35. The van der Waals surface area contributed by atoms with Crippen molar-refractivity contribution in [1.29, 1.82) is 0 Å². The average molecular weight is 354 g/mol. The fourth-order valence-corrected chi connectivity index (χ4v) is 2.64. The lowest BCUT2D eigenvalue weighted by Crippen LogP contribution is -2.02. The summed E-state index contributed by atoms with van der Waals surface area (Å²) in [5.41, 5.74) is 2.09. The summed E-state index contributed by atoms with van der Waals surface area (Å²) < 4.78 is 13.5. The molecule has 0 bridgehead atoms. The molecular formula is C15H20BrN3O2. The van der Waals surface area contributed by atoms with Crippen LogP contribution in [0.1, 0.15) is 25.5 Å². The van der Waals surface area contributed by atoms with E-state index in [1.165, 1.54) is 0 Å². The van der Waals surface area contributed by atoms with E-state index in [2.05, 4.69) is 40.2 Å². The Balaban J connectivity index is 2.10. The van der Waals surface area contributed by atoms with Gasteiger partial charge in [-0.2, -0.15) is 5.10 Å². The monoisotopic (exact) mass is 353 g/mol. The molecular weight excluding hydrogens is 334 g/mol. The Bertz CT molecular complexity index is 611. The van der Waals surface area contributed by atoms with Gasteiger partial charge in [0.2, 0.25) is 0 Å². The van der Waals surface area contributed by atoms with E-state index >= 15 is 0 Å². The van der Waals surface area contributed by atoms with Crippen LogP contribution in [-0.4, -0.2) is 24.0 Å². The van der Waals surface area contributed by atoms with Gasteiger partial charge >= 0.3 is 0 Å². The molecule has 5 nitrogen and oxygen atoms in total. The van der Waals surface area contributed by atoms with Crippen LogP contribution in [0, 0.1) is 0 Å². The number of ether oxygens (including phenoxy) is 2. The normalized spacial score (nSPS) is 10.8. The summed E-state index contributed by atoms with van der Waals surface area (Å²) in [4.78, 5) is 0. The maximum Gasteiger partial charge on any atom is 0.174 e. The Hall–Kier alpha value is -1.69. The molecule has 1 N–H and O–H groups in total. The molecule has 0 fully saturated rings. The quantitative estimate of drug-likeness (QED) is 0.856. The van der Waals surface area contributed by atoms with Crippen molar-refractivity contribution in [3.05, 3.63) is 34.6 Å². The van der Waals surface area contributed by atoms with Gasteiger partial charge in [0, 0.05) is 18.8 Å². The number of anilines is 1. The van der Waals surface area contributed by atoms with Gasteiger partial charge in [-0.15, -0.1) is 0 Å². The Kier molecular flexibility index (Phi) is 5.12. The lowest BCUT2D eigenvalue weighted by molar-refractivity contribution is 0.352. The minimum Gasteiger partial charge on any atom is -0.493 e. The van der Waals surface area contributed by atoms with Crippen molar-refractivity contribution in [3.63, 3.8) is 0 Å². The fourth-order valence-electron chi connectivity index (χ4n) is 1.99. The first-order valence-electron chi connectivity index (χ1n) is 6.73. The predicted molar refractivity (Wildman–Crippen MR) is 87.2 cm³/mol. The maximum absolute atomic E-state index is 5.35. The highest BCUT2D eigenvalue weighted by Gasteiger charge is 2.10. The standard InChI is InChI=1S/C15H20BrN3O2/c1-10(2)19-9-12(8-18-19)17-7-11-5-13(16)15(21-4)14(6-11)20-3/h5-6,8-10,17H,7H2,1-4H3. The van der Waals surface area contributed by atoms with E-state index in [1.54, 1.807) is 14.2 Å². The van der Waals surface area contributed by atoms with E-state index in [0.717, 1.165) is 15.7 Å². The van der Waals surface area contributed by atoms with Gasteiger partial charge in [-0.05, 0) is 47.5 Å². The summed E-state index contributed by atoms with van der Waals surface area (Å²) in [6, 6.07) is 4.33. The van der Waals surface area contributed by atoms with Crippen molar-refractivity contribution < 1.29 is 9.47 Å².